The van der Waals surface area contributed by atoms with Crippen molar-refractivity contribution in [3.63, 3.8) is 0 Å². The summed E-state index contributed by atoms with van der Waals surface area (Å²) in [6.45, 7) is 0.491. The average Bonchev–Trinajstić information content (AvgIpc) is 2.79. The van der Waals surface area contributed by atoms with E-state index in [-0.39, 0.29) is 11.8 Å². The van der Waals surface area contributed by atoms with Crippen LogP contribution in [0.25, 0.3) is 10.8 Å². The summed E-state index contributed by atoms with van der Waals surface area (Å²) in [6.07, 6.45) is 0. The third kappa shape index (κ3) is 4.08. The van der Waals surface area contributed by atoms with Gasteiger partial charge in [0.1, 0.15) is 0 Å². The van der Waals surface area contributed by atoms with Crippen molar-refractivity contribution in [2.75, 3.05) is 12.4 Å². The SMILES string of the molecule is CN(Cc1ccccc1)C(=O)c1ccccc1NC(=O)c1cccc2ccccc12. The Morgan fingerprint density at radius 1 is 0.733 bits per heavy atom. The maximum atomic E-state index is 13.1. The van der Waals surface area contributed by atoms with Crippen molar-refractivity contribution in [2.24, 2.45) is 0 Å². The fourth-order valence-electron chi connectivity index (χ4n) is 3.53. The molecule has 4 heteroatoms. The average molecular weight is 394 g/mol. The van der Waals surface area contributed by atoms with Crippen LogP contribution in [0.4, 0.5) is 5.69 Å². The first-order chi connectivity index (χ1) is 14.6. The Balaban J connectivity index is 1.58. The summed E-state index contributed by atoms with van der Waals surface area (Å²) >= 11 is 0. The molecule has 0 radical (unpaired) electrons. The number of nitrogens with one attached hydrogen (secondary N) is 1. The van der Waals surface area contributed by atoms with Gasteiger partial charge in [-0.3, -0.25) is 9.59 Å². The number of nitrogens with zero attached hydrogens (tertiary/aromatic N) is 1. The molecule has 2 amide bonds. The Morgan fingerprint density at radius 2 is 1.37 bits per heavy atom. The Morgan fingerprint density at radius 3 is 2.20 bits per heavy atom. The number of para-hydroxylation sites is 1. The molecule has 1 N–H and O–H groups in total. The first kappa shape index (κ1) is 19.4. The molecule has 0 unspecified atom stereocenters. The normalized spacial score (nSPS) is 10.6. The molecule has 0 heterocycles. The zero-order valence-electron chi connectivity index (χ0n) is 16.7. The van der Waals surface area contributed by atoms with Crippen LogP contribution in [-0.4, -0.2) is 23.8 Å². The van der Waals surface area contributed by atoms with Crippen molar-refractivity contribution >= 4 is 28.3 Å². The van der Waals surface area contributed by atoms with E-state index in [1.807, 2.05) is 72.8 Å². The van der Waals surface area contributed by atoms with Gasteiger partial charge in [0.25, 0.3) is 11.8 Å². The molecule has 0 bridgehead atoms. The molecule has 4 aromatic rings. The Bertz CT molecular complexity index is 1200. The lowest BCUT2D eigenvalue weighted by Gasteiger charge is -2.19. The van der Waals surface area contributed by atoms with Crippen LogP contribution in [-0.2, 0) is 6.54 Å². The Labute approximate surface area is 175 Å². The highest BCUT2D eigenvalue weighted by atomic mass is 16.2. The van der Waals surface area contributed by atoms with E-state index in [9.17, 15) is 9.59 Å². The summed E-state index contributed by atoms with van der Waals surface area (Å²) in [5.41, 5.74) is 2.59. The van der Waals surface area contributed by atoms with Crippen LogP contribution in [0.2, 0.25) is 0 Å². The van der Waals surface area contributed by atoms with Gasteiger partial charge < -0.3 is 10.2 Å². The number of rotatable bonds is 5. The molecule has 148 valence electrons. The Kier molecular flexibility index (Phi) is 5.57. The molecule has 4 nitrogen and oxygen atoms in total. The minimum atomic E-state index is -0.238. The number of anilines is 1. The van der Waals surface area contributed by atoms with Gasteiger partial charge in [-0.2, -0.15) is 0 Å². The van der Waals surface area contributed by atoms with Crippen molar-refractivity contribution < 1.29 is 9.59 Å². The number of hydrogen-bond donors (Lipinski definition) is 1. The van der Waals surface area contributed by atoms with Gasteiger partial charge in [0, 0.05) is 19.2 Å². The van der Waals surface area contributed by atoms with Crippen LogP contribution in [0, 0.1) is 0 Å². The maximum absolute atomic E-state index is 13.1. The number of fused-ring (bicyclic) bond motifs is 1. The van der Waals surface area contributed by atoms with E-state index >= 15 is 0 Å². The van der Waals surface area contributed by atoms with Crippen LogP contribution in [0.15, 0.2) is 97.1 Å². The lowest BCUT2D eigenvalue weighted by molar-refractivity contribution is 0.0786. The second kappa shape index (κ2) is 8.62. The molecule has 0 atom stereocenters. The van der Waals surface area contributed by atoms with E-state index in [1.54, 1.807) is 36.2 Å². The van der Waals surface area contributed by atoms with E-state index in [2.05, 4.69) is 5.32 Å². The summed E-state index contributed by atoms with van der Waals surface area (Å²) in [4.78, 5) is 27.8. The second-order valence-electron chi connectivity index (χ2n) is 7.17. The monoisotopic (exact) mass is 394 g/mol. The molecule has 0 aliphatic heterocycles. The summed E-state index contributed by atoms with van der Waals surface area (Å²) < 4.78 is 0. The van der Waals surface area contributed by atoms with E-state index in [0.717, 1.165) is 16.3 Å². The van der Waals surface area contributed by atoms with Gasteiger partial charge >= 0.3 is 0 Å². The van der Waals surface area contributed by atoms with Crippen LogP contribution < -0.4 is 5.32 Å². The van der Waals surface area contributed by atoms with Crippen LogP contribution in [0.3, 0.4) is 0 Å². The lowest BCUT2D eigenvalue weighted by Crippen LogP contribution is -2.27. The number of amides is 2. The fourth-order valence-corrected chi connectivity index (χ4v) is 3.53. The van der Waals surface area contributed by atoms with E-state index in [4.69, 9.17) is 0 Å². The molecular weight excluding hydrogens is 372 g/mol. The highest BCUT2D eigenvalue weighted by molar-refractivity contribution is 6.14. The molecule has 0 aliphatic carbocycles. The second-order valence-corrected chi connectivity index (χ2v) is 7.17. The molecule has 0 saturated carbocycles. The predicted molar refractivity (Wildman–Crippen MR) is 121 cm³/mol. The number of carbonyl (C=O) groups is 2. The van der Waals surface area contributed by atoms with Crippen LogP contribution in [0.1, 0.15) is 26.3 Å². The molecule has 0 saturated heterocycles. The first-order valence-corrected chi connectivity index (χ1v) is 9.81. The molecule has 4 rings (SSSR count). The van der Waals surface area contributed by atoms with Crippen molar-refractivity contribution in [1.29, 1.82) is 0 Å². The number of benzene rings is 4. The van der Waals surface area contributed by atoms with Gasteiger partial charge in [-0.1, -0.05) is 78.9 Å². The van der Waals surface area contributed by atoms with E-state index in [0.29, 0.717) is 23.4 Å². The lowest BCUT2D eigenvalue weighted by atomic mass is 10.0. The van der Waals surface area contributed by atoms with E-state index in [1.165, 1.54) is 0 Å². The maximum Gasteiger partial charge on any atom is 0.256 e. The van der Waals surface area contributed by atoms with Gasteiger partial charge in [0.2, 0.25) is 0 Å². The molecule has 0 aromatic heterocycles. The van der Waals surface area contributed by atoms with Gasteiger partial charge in [-0.25, -0.2) is 0 Å². The third-order valence-corrected chi connectivity index (χ3v) is 5.05. The van der Waals surface area contributed by atoms with Gasteiger partial charge in [-0.15, -0.1) is 0 Å². The minimum absolute atomic E-state index is 0.146. The van der Waals surface area contributed by atoms with Gasteiger partial charge in [0.05, 0.1) is 11.3 Å². The highest BCUT2D eigenvalue weighted by Gasteiger charge is 2.18. The van der Waals surface area contributed by atoms with Crippen LogP contribution in [0.5, 0.6) is 0 Å². The molecular formula is C26H22N2O2. The van der Waals surface area contributed by atoms with E-state index < -0.39 is 0 Å². The zero-order chi connectivity index (χ0) is 20.9. The van der Waals surface area contributed by atoms with Gasteiger partial charge in [0.15, 0.2) is 0 Å². The van der Waals surface area contributed by atoms with Gasteiger partial charge in [-0.05, 0) is 34.5 Å². The first-order valence-electron chi connectivity index (χ1n) is 9.81. The molecule has 30 heavy (non-hydrogen) atoms. The highest BCUT2D eigenvalue weighted by Crippen LogP contribution is 2.22. The standard InChI is InChI=1S/C26H22N2O2/c1-28(18-19-10-3-2-4-11-19)26(30)23-15-7-8-17-24(23)27-25(29)22-16-9-13-20-12-5-6-14-21(20)22/h2-17H,18H2,1H3,(H,27,29). The summed E-state index contributed by atoms with van der Waals surface area (Å²) in [5.74, 6) is -0.384. The van der Waals surface area contributed by atoms with Crippen molar-refractivity contribution in [1.82, 2.24) is 4.90 Å². The molecule has 4 aromatic carbocycles. The fraction of sp³-hybridized carbons (Fsp3) is 0.0769. The molecule has 0 fully saturated rings. The predicted octanol–water partition coefficient (Wildman–Crippen LogP) is 5.36. The molecule has 0 spiro atoms. The molecule has 0 aliphatic rings. The summed E-state index contributed by atoms with van der Waals surface area (Å²) in [6, 6.07) is 30.3. The third-order valence-electron chi connectivity index (χ3n) is 5.05. The quantitative estimate of drug-likeness (QED) is 0.495. The Hall–Kier alpha value is -3.92. The van der Waals surface area contributed by atoms with Crippen LogP contribution >= 0.6 is 0 Å². The topological polar surface area (TPSA) is 49.4 Å². The zero-order valence-corrected chi connectivity index (χ0v) is 16.7. The number of hydrogen-bond acceptors (Lipinski definition) is 2. The largest absolute Gasteiger partial charge is 0.337 e. The summed E-state index contributed by atoms with van der Waals surface area (Å²) in [5, 5.41) is 4.81. The van der Waals surface area contributed by atoms with Crippen molar-refractivity contribution in [3.8, 4) is 0 Å². The van der Waals surface area contributed by atoms with Crippen molar-refractivity contribution in [3.05, 3.63) is 114 Å². The number of carbonyl (C=O) groups excluding carboxylic acids is 2. The van der Waals surface area contributed by atoms with Crippen molar-refractivity contribution in [2.45, 2.75) is 6.54 Å². The summed E-state index contributed by atoms with van der Waals surface area (Å²) in [7, 11) is 1.76. The smallest absolute Gasteiger partial charge is 0.256 e. The minimum Gasteiger partial charge on any atom is -0.337 e.